The van der Waals surface area contributed by atoms with Crippen molar-refractivity contribution in [1.82, 2.24) is 20.1 Å². The molecule has 1 aliphatic rings. The number of hydrogen-bond donors (Lipinski definition) is 2. The largest absolute Gasteiger partial charge is 0.494 e. The highest BCUT2D eigenvalue weighted by Gasteiger charge is 2.24. The van der Waals surface area contributed by atoms with Gasteiger partial charge in [-0.2, -0.15) is 5.10 Å². The Hall–Kier alpha value is -2.12. The van der Waals surface area contributed by atoms with Crippen molar-refractivity contribution in [2.75, 3.05) is 20.2 Å². The summed E-state index contributed by atoms with van der Waals surface area (Å²) in [4.78, 5) is 15.9. The lowest BCUT2D eigenvalue weighted by Crippen LogP contribution is -2.15. The molecule has 0 aliphatic carbocycles. The van der Waals surface area contributed by atoms with Gasteiger partial charge in [-0.15, -0.1) is 0 Å². The third-order valence-electron chi connectivity index (χ3n) is 4.32. The molecule has 2 aromatic rings. The summed E-state index contributed by atoms with van der Waals surface area (Å²) in [5.41, 5.74) is 6.04. The number of nitrogens with zero attached hydrogens (tertiary/aromatic N) is 3. The fraction of sp³-hybridized carbons (Fsp3) is 0.471. The van der Waals surface area contributed by atoms with Crippen molar-refractivity contribution < 1.29 is 9.53 Å². The van der Waals surface area contributed by atoms with E-state index in [2.05, 4.69) is 15.4 Å². The normalized spacial score (nSPS) is 17.9. The van der Waals surface area contributed by atoms with Gasteiger partial charge in [-0.1, -0.05) is 11.6 Å². The summed E-state index contributed by atoms with van der Waals surface area (Å²) < 4.78 is 7.21. The molecule has 1 atom stereocenters. The zero-order valence-electron chi connectivity index (χ0n) is 14.2. The quantitative estimate of drug-likeness (QED) is 0.844. The van der Waals surface area contributed by atoms with Gasteiger partial charge in [-0.25, -0.2) is 9.67 Å². The van der Waals surface area contributed by atoms with E-state index >= 15 is 0 Å². The lowest BCUT2D eigenvalue weighted by Gasteiger charge is -2.16. The van der Waals surface area contributed by atoms with E-state index in [9.17, 15) is 4.79 Å². The van der Waals surface area contributed by atoms with E-state index in [0.29, 0.717) is 22.3 Å². The van der Waals surface area contributed by atoms with Crippen LogP contribution in [-0.4, -0.2) is 40.9 Å². The minimum atomic E-state index is -0.454. The smallest absolute Gasteiger partial charge is 0.225 e. The van der Waals surface area contributed by atoms with Crippen molar-refractivity contribution in [3.63, 3.8) is 0 Å². The number of ether oxygens (including phenoxy) is 1. The number of primary amides is 1. The molecule has 8 heteroatoms. The number of nitrogens with two attached hydrogens (primary N) is 1. The third-order valence-corrected chi connectivity index (χ3v) is 4.55. The number of hydrogen-bond acceptors (Lipinski definition) is 5. The standard InChI is InChI=1S/C17H22ClN5O2/c1-25-14-5-4-12(18)9-13(14)23-17(11-3-2-7-20-8-6-11)21-16(22-23)10-15(19)24/h4-5,9,11,20H,2-3,6-8,10H2,1H3,(H2,19,24)/t11-/m0/s1. The number of aromatic nitrogens is 3. The first-order chi connectivity index (χ1) is 12.1. The predicted molar refractivity (Wildman–Crippen MR) is 95.3 cm³/mol. The van der Waals surface area contributed by atoms with Crippen LogP contribution in [0.1, 0.15) is 36.8 Å². The molecule has 0 radical (unpaired) electrons. The van der Waals surface area contributed by atoms with Crippen LogP contribution in [-0.2, 0) is 11.2 Å². The summed E-state index contributed by atoms with van der Waals surface area (Å²) in [5.74, 6) is 1.67. The average Bonchev–Trinajstić information content (AvgIpc) is 2.80. The van der Waals surface area contributed by atoms with Crippen LogP contribution in [0.15, 0.2) is 18.2 Å². The SMILES string of the molecule is COc1ccc(Cl)cc1-n1nc(CC(N)=O)nc1[C@H]1CCCNCC1. The van der Waals surface area contributed by atoms with Crippen molar-refractivity contribution in [3.05, 3.63) is 34.9 Å². The maximum atomic E-state index is 11.3. The monoisotopic (exact) mass is 363 g/mol. The second kappa shape index (κ2) is 7.84. The molecule has 1 aliphatic heterocycles. The minimum Gasteiger partial charge on any atom is -0.494 e. The van der Waals surface area contributed by atoms with E-state index in [-0.39, 0.29) is 12.3 Å². The first kappa shape index (κ1) is 17.7. The van der Waals surface area contributed by atoms with Crippen molar-refractivity contribution in [3.8, 4) is 11.4 Å². The number of carbonyl (C=O) groups is 1. The fourth-order valence-electron chi connectivity index (χ4n) is 3.15. The van der Waals surface area contributed by atoms with E-state index in [0.717, 1.165) is 38.2 Å². The Morgan fingerprint density at radius 3 is 3.04 bits per heavy atom. The number of amides is 1. The molecule has 1 aromatic carbocycles. The summed E-state index contributed by atoms with van der Waals surface area (Å²) in [6.07, 6.45) is 3.03. The van der Waals surface area contributed by atoms with Gasteiger partial charge in [0.2, 0.25) is 5.91 Å². The van der Waals surface area contributed by atoms with Gasteiger partial charge in [-0.05, 0) is 50.6 Å². The van der Waals surface area contributed by atoms with Crippen LogP contribution in [0.4, 0.5) is 0 Å². The molecule has 25 heavy (non-hydrogen) atoms. The molecule has 1 saturated heterocycles. The summed E-state index contributed by atoms with van der Waals surface area (Å²) in [5, 5.41) is 8.50. The third kappa shape index (κ3) is 4.11. The van der Waals surface area contributed by atoms with E-state index in [1.807, 2.05) is 0 Å². The summed E-state index contributed by atoms with van der Waals surface area (Å²) in [6, 6.07) is 5.35. The molecule has 7 nitrogen and oxygen atoms in total. The number of halogens is 1. The Morgan fingerprint density at radius 1 is 1.44 bits per heavy atom. The number of nitrogens with one attached hydrogen (secondary N) is 1. The maximum Gasteiger partial charge on any atom is 0.225 e. The van der Waals surface area contributed by atoms with Gasteiger partial charge >= 0.3 is 0 Å². The average molecular weight is 364 g/mol. The highest BCUT2D eigenvalue weighted by Crippen LogP contribution is 2.31. The molecular weight excluding hydrogens is 342 g/mol. The van der Waals surface area contributed by atoms with Gasteiger partial charge < -0.3 is 15.8 Å². The zero-order valence-corrected chi connectivity index (χ0v) is 14.9. The second-order valence-electron chi connectivity index (χ2n) is 6.14. The van der Waals surface area contributed by atoms with E-state index in [1.165, 1.54) is 0 Å². The van der Waals surface area contributed by atoms with Gasteiger partial charge in [-0.3, -0.25) is 4.79 Å². The van der Waals surface area contributed by atoms with Crippen LogP contribution in [0.2, 0.25) is 5.02 Å². The van der Waals surface area contributed by atoms with Crippen LogP contribution in [0.5, 0.6) is 5.75 Å². The predicted octanol–water partition coefficient (Wildman–Crippen LogP) is 1.81. The van der Waals surface area contributed by atoms with E-state index < -0.39 is 5.91 Å². The Kier molecular flexibility index (Phi) is 5.55. The molecule has 1 aromatic heterocycles. The van der Waals surface area contributed by atoms with Crippen molar-refractivity contribution in [2.45, 2.75) is 31.6 Å². The van der Waals surface area contributed by atoms with Crippen molar-refractivity contribution >= 4 is 17.5 Å². The molecule has 0 unspecified atom stereocenters. The summed E-state index contributed by atoms with van der Waals surface area (Å²) in [7, 11) is 1.60. The lowest BCUT2D eigenvalue weighted by atomic mass is 9.99. The van der Waals surface area contributed by atoms with Crippen LogP contribution in [0.25, 0.3) is 5.69 Å². The Bertz CT molecular complexity index is 753. The van der Waals surface area contributed by atoms with Crippen LogP contribution < -0.4 is 15.8 Å². The molecular formula is C17H22ClN5O2. The van der Waals surface area contributed by atoms with Gasteiger partial charge in [0.05, 0.1) is 13.5 Å². The first-order valence-electron chi connectivity index (χ1n) is 8.37. The topological polar surface area (TPSA) is 95.1 Å². The molecule has 1 amide bonds. The zero-order chi connectivity index (χ0) is 17.8. The number of carbonyl (C=O) groups excluding carboxylic acids is 1. The van der Waals surface area contributed by atoms with Crippen molar-refractivity contribution in [1.29, 1.82) is 0 Å². The van der Waals surface area contributed by atoms with Crippen molar-refractivity contribution in [2.24, 2.45) is 5.73 Å². The molecule has 3 N–H and O–H groups in total. The van der Waals surface area contributed by atoms with Gasteiger partial charge in [0.25, 0.3) is 0 Å². The molecule has 0 spiro atoms. The Labute approximate surface area is 151 Å². The number of benzene rings is 1. The second-order valence-corrected chi connectivity index (χ2v) is 6.57. The molecule has 0 bridgehead atoms. The Morgan fingerprint density at radius 2 is 2.28 bits per heavy atom. The van der Waals surface area contributed by atoms with E-state index in [4.69, 9.17) is 22.1 Å². The van der Waals surface area contributed by atoms with Gasteiger partial charge in [0, 0.05) is 10.9 Å². The van der Waals surface area contributed by atoms with Gasteiger partial charge in [0.15, 0.2) is 5.82 Å². The highest BCUT2D eigenvalue weighted by atomic mass is 35.5. The van der Waals surface area contributed by atoms with E-state index in [1.54, 1.807) is 30.0 Å². The Balaban J connectivity index is 2.08. The molecule has 0 saturated carbocycles. The highest BCUT2D eigenvalue weighted by molar-refractivity contribution is 6.30. The molecule has 1 fully saturated rings. The fourth-order valence-corrected chi connectivity index (χ4v) is 3.31. The lowest BCUT2D eigenvalue weighted by molar-refractivity contribution is -0.117. The summed E-state index contributed by atoms with van der Waals surface area (Å²) >= 11 is 6.18. The van der Waals surface area contributed by atoms with Crippen LogP contribution >= 0.6 is 11.6 Å². The number of rotatable bonds is 5. The first-order valence-corrected chi connectivity index (χ1v) is 8.75. The molecule has 2 heterocycles. The number of methoxy groups -OCH3 is 1. The van der Waals surface area contributed by atoms with Crippen LogP contribution in [0, 0.1) is 0 Å². The van der Waals surface area contributed by atoms with Crippen LogP contribution in [0.3, 0.4) is 0 Å². The summed E-state index contributed by atoms with van der Waals surface area (Å²) in [6.45, 7) is 1.93. The molecule has 134 valence electrons. The molecule has 3 rings (SSSR count). The maximum absolute atomic E-state index is 11.3. The van der Waals surface area contributed by atoms with Gasteiger partial charge in [0.1, 0.15) is 17.3 Å². The minimum absolute atomic E-state index is 0.00779.